The second-order valence-corrected chi connectivity index (χ2v) is 6.35. The molecule has 1 aliphatic rings. The van der Waals surface area contributed by atoms with Crippen molar-refractivity contribution in [3.63, 3.8) is 0 Å². The first kappa shape index (κ1) is 12.7. The number of rotatable bonds is 2. The molecule has 0 N–H and O–H groups in total. The van der Waals surface area contributed by atoms with Gasteiger partial charge in [-0.1, -0.05) is 70.5 Å². The van der Waals surface area contributed by atoms with Crippen molar-refractivity contribution >= 4 is 15.9 Å². The smallest absolute Gasteiger partial charge is 0.182 e. The highest BCUT2D eigenvalue weighted by Crippen LogP contribution is 2.39. The minimum Gasteiger partial charge on any atom is -0.217 e. The molecule has 2 aromatic carbocycles. The maximum atomic E-state index is 4.25. The van der Waals surface area contributed by atoms with Crippen molar-refractivity contribution in [2.24, 2.45) is 0 Å². The summed E-state index contributed by atoms with van der Waals surface area (Å²) in [5.41, 5.74) is 3.69. The monoisotopic (exact) mass is 340 g/mol. The van der Waals surface area contributed by atoms with Gasteiger partial charge in [0.25, 0.3) is 0 Å². The molecule has 0 radical (unpaired) electrons. The lowest BCUT2D eigenvalue weighted by atomic mass is 10.1. The van der Waals surface area contributed by atoms with Crippen LogP contribution in [0, 0.1) is 0 Å². The van der Waals surface area contributed by atoms with E-state index in [0.717, 1.165) is 17.8 Å². The van der Waals surface area contributed by atoms with E-state index in [4.69, 9.17) is 0 Å². The number of hydrogen-bond acceptors (Lipinski definition) is 3. The van der Waals surface area contributed by atoms with Crippen LogP contribution in [-0.4, -0.2) is 25.0 Å². The van der Waals surface area contributed by atoms with Crippen molar-refractivity contribution in [3.8, 4) is 11.4 Å². The van der Waals surface area contributed by atoms with E-state index in [1.165, 1.54) is 11.1 Å². The molecule has 0 amide bonds. The quantitative estimate of drug-likeness (QED) is 0.672. The largest absolute Gasteiger partial charge is 0.217 e. The summed E-state index contributed by atoms with van der Waals surface area (Å²) in [4.78, 5) is 0.306. The van der Waals surface area contributed by atoms with E-state index in [2.05, 4.69) is 55.7 Å². The average molecular weight is 341 g/mol. The molecule has 5 heteroatoms. The lowest BCUT2D eigenvalue weighted by molar-refractivity contribution is 0.522. The van der Waals surface area contributed by atoms with Crippen LogP contribution in [-0.2, 0) is 6.42 Å². The van der Waals surface area contributed by atoms with E-state index >= 15 is 0 Å². The third-order valence-electron chi connectivity index (χ3n) is 3.92. The number of nitrogens with zero attached hydrogens (tertiary/aromatic N) is 4. The molecule has 1 aromatic heterocycles. The van der Waals surface area contributed by atoms with E-state index < -0.39 is 0 Å². The fourth-order valence-electron chi connectivity index (χ4n) is 2.97. The first-order valence-electron chi connectivity index (χ1n) is 6.90. The molecular formula is C16H13BrN4. The van der Waals surface area contributed by atoms with Crippen LogP contribution in [0.1, 0.15) is 17.2 Å². The van der Waals surface area contributed by atoms with Gasteiger partial charge in [0.15, 0.2) is 5.82 Å². The van der Waals surface area contributed by atoms with Gasteiger partial charge in [-0.3, -0.25) is 0 Å². The maximum absolute atomic E-state index is 4.25. The summed E-state index contributed by atoms with van der Waals surface area (Å²) >= 11 is 3.80. The van der Waals surface area contributed by atoms with Crippen LogP contribution < -0.4 is 0 Å². The molecule has 0 saturated heterocycles. The molecule has 2 atom stereocenters. The maximum Gasteiger partial charge on any atom is 0.182 e. The Morgan fingerprint density at radius 1 is 1.00 bits per heavy atom. The first-order chi connectivity index (χ1) is 10.3. The van der Waals surface area contributed by atoms with Crippen molar-refractivity contribution < 1.29 is 0 Å². The van der Waals surface area contributed by atoms with Gasteiger partial charge in [-0.25, -0.2) is 4.68 Å². The van der Waals surface area contributed by atoms with Crippen LogP contribution in [0.2, 0.25) is 0 Å². The van der Waals surface area contributed by atoms with Gasteiger partial charge in [0, 0.05) is 10.4 Å². The predicted molar refractivity (Wildman–Crippen MR) is 84.3 cm³/mol. The highest BCUT2D eigenvalue weighted by atomic mass is 79.9. The molecule has 0 spiro atoms. The summed E-state index contributed by atoms with van der Waals surface area (Å²) in [6.07, 6.45) is 0.995. The van der Waals surface area contributed by atoms with Crippen LogP contribution >= 0.6 is 15.9 Å². The van der Waals surface area contributed by atoms with Gasteiger partial charge < -0.3 is 0 Å². The van der Waals surface area contributed by atoms with E-state index in [1.807, 2.05) is 35.0 Å². The number of tetrazole rings is 1. The van der Waals surface area contributed by atoms with Gasteiger partial charge in [-0.05, 0) is 28.0 Å². The molecule has 4 nitrogen and oxygen atoms in total. The summed E-state index contributed by atoms with van der Waals surface area (Å²) in [6.45, 7) is 0. The molecular weight excluding hydrogens is 328 g/mol. The standard InChI is InChI=1S/C16H13BrN4/c17-14-10-12-8-4-5-9-13(12)15(14)21-16(18-19-20-21)11-6-2-1-3-7-11/h1-9,14-15H,10H2/t14-,15-/m1/s1. The van der Waals surface area contributed by atoms with Crippen molar-refractivity contribution in [1.29, 1.82) is 0 Å². The van der Waals surface area contributed by atoms with Gasteiger partial charge in [-0.2, -0.15) is 0 Å². The van der Waals surface area contributed by atoms with Gasteiger partial charge in [0.1, 0.15) is 0 Å². The summed E-state index contributed by atoms with van der Waals surface area (Å²) < 4.78 is 1.93. The molecule has 21 heavy (non-hydrogen) atoms. The average Bonchev–Trinajstić information content (AvgIpc) is 3.11. The normalized spacial score (nSPS) is 20.4. The molecule has 104 valence electrons. The topological polar surface area (TPSA) is 43.6 Å². The highest BCUT2D eigenvalue weighted by molar-refractivity contribution is 9.09. The Hall–Kier alpha value is -2.01. The van der Waals surface area contributed by atoms with E-state index in [-0.39, 0.29) is 6.04 Å². The number of aromatic nitrogens is 4. The Morgan fingerprint density at radius 2 is 1.76 bits per heavy atom. The molecule has 3 aromatic rings. The van der Waals surface area contributed by atoms with Gasteiger partial charge in [-0.15, -0.1) is 5.10 Å². The Labute approximate surface area is 130 Å². The fourth-order valence-corrected chi connectivity index (χ4v) is 3.83. The Morgan fingerprint density at radius 3 is 2.62 bits per heavy atom. The molecule has 0 bridgehead atoms. The van der Waals surface area contributed by atoms with Crippen LogP contribution in [0.4, 0.5) is 0 Å². The number of halogens is 1. The van der Waals surface area contributed by atoms with Crippen molar-refractivity contribution in [3.05, 3.63) is 65.7 Å². The minimum atomic E-state index is 0.131. The zero-order valence-corrected chi connectivity index (χ0v) is 12.8. The zero-order chi connectivity index (χ0) is 14.2. The van der Waals surface area contributed by atoms with Gasteiger partial charge in [0.2, 0.25) is 0 Å². The molecule has 1 aliphatic carbocycles. The second-order valence-electron chi connectivity index (χ2n) is 5.18. The zero-order valence-electron chi connectivity index (χ0n) is 11.2. The number of hydrogen-bond donors (Lipinski definition) is 0. The van der Waals surface area contributed by atoms with Crippen LogP contribution in [0.15, 0.2) is 54.6 Å². The Bertz CT molecular complexity index is 769. The summed E-state index contributed by atoms with van der Waals surface area (Å²) in [6, 6.07) is 18.7. The predicted octanol–water partition coefficient (Wildman–Crippen LogP) is 3.25. The van der Waals surface area contributed by atoms with Crippen LogP contribution in [0.25, 0.3) is 11.4 Å². The highest BCUT2D eigenvalue weighted by Gasteiger charge is 2.34. The lowest BCUT2D eigenvalue weighted by Crippen LogP contribution is -2.19. The fraction of sp³-hybridized carbons (Fsp3) is 0.188. The third kappa shape index (κ3) is 2.08. The molecule has 1 heterocycles. The summed E-state index contributed by atoms with van der Waals surface area (Å²) in [5.74, 6) is 0.807. The Kier molecular flexibility index (Phi) is 3.07. The van der Waals surface area contributed by atoms with E-state index in [0.29, 0.717) is 4.83 Å². The van der Waals surface area contributed by atoms with Crippen molar-refractivity contribution in [2.75, 3.05) is 0 Å². The number of benzene rings is 2. The molecule has 0 fully saturated rings. The SMILES string of the molecule is Br[C@@H]1Cc2ccccc2[C@H]1n1nnnc1-c1ccccc1. The molecule has 0 aliphatic heterocycles. The van der Waals surface area contributed by atoms with Crippen LogP contribution in [0.5, 0.6) is 0 Å². The van der Waals surface area contributed by atoms with Crippen molar-refractivity contribution in [2.45, 2.75) is 17.3 Å². The summed E-state index contributed by atoms with van der Waals surface area (Å²) in [7, 11) is 0. The number of alkyl halides is 1. The van der Waals surface area contributed by atoms with E-state index in [9.17, 15) is 0 Å². The second kappa shape index (κ2) is 5.07. The molecule has 4 rings (SSSR count). The lowest BCUT2D eigenvalue weighted by Gasteiger charge is -2.17. The van der Waals surface area contributed by atoms with Crippen LogP contribution in [0.3, 0.4) is 0 Å². The van der Waals surface area contributed by atoms with Gasteiger partial charge in [0.05, 0.1) is 6.04 Å². The van der Waals surface area contributed by atoms with Gasteiger partial charge >= 0.3 is 0 Å². The summed E-state index contributed by atoms with van der Waals surface area (Å²) in [5, 5.41) is 12.4. The van der Waals surface area contributed by atoms with E-state index in [1.54, 1.807) is 0 Å². The Balaban J connectivity index is 1.84. The van der Waals surface area contributed by atoms with Crippen molar-refractivity contribution in [1.82, 2.24) is 20.2 Å². The minimum absolute atomic E-state index is 0.131. The third-order valence-corrected chi connectivity index (χ3v) is 4.74. The molecule has 0 unspecified atom stereocenters. The first-order valence-corrected chi connectivity index (χ1v) is 7.81. The molecule has 0 saturated carbocycles. The number of fused-ring (bicyclic) bond motifs is 1.